The Bertz CT molecular complexity index is 747. The van der Waals surface area contributed by atoms with Crippen molar-refractivity contribution in [3.8, 4) is 11.5 Å². The van der Waals surface area contributed by atoms with Crippen LogP contribution in [0, 0.1) is 0 Å². The van der Waals surface area contributed by atoms with E-state index in [1.54, 1.807) is 15.8 Å². The summed E-state index contributed by atoms with van der Waals surface area (Å²) in [5.74, 6) is 1.52. The molecule has 0 spiro atoms. The summed E-state index contributed by atoms with van der Waals surface area (Å²) in [6, 6.07) is 7.62. The molecule has 2 aromatic rings. The molecule has 132 valence electrons. The molecular formula is C18H21N3O4. The van der Waals surface area contributed by atoms with Gasteiger partial charge in [-0.25, -0.2) is 0 Å². The predicted molar refractivity (Wildman–Crippen MR) is 89.4 cm³/mol. The molecule has 3 heterocycles. The number of nitrogens with zero attached hydrogens (tertiary/aromatic N) is 3. The topological polar surface area (TPSA) is 76.8 Å². The third-order valence-electron chi connectivity index (χ3n) is 4.87. The highest BCUT2D eigenvalue weighted by Gasteiger charge is 2.31. The summed E-state index contributed by atoms with van der Waals surface area (Å²) in [4.78, 5) is 14.1. The lowest BCUT2D eigenvalue weighted by molar-refractivity contribution is -0.135. The fraction of sp³-hybridized carbons (Fsp3) is 0.444. The molecule has 1 fully saturated rings. The summed E-state index contributed by atoms with van der Waals surface area (Å²) in [6.07, 6.45) is 4.08. The Morgan fingerprint density at radius 1 is 1.32 bits per heavy atom. The number of aromatic nitrogens is 2. The summed E-state index contributed by atoms with van der Waals surface area (Å²) in [7, 11) is 0. The molecule has 1 N–H and O–H groups in total. The van der Waals surface area contributed by atoms with Gasteiger partial charge in [0.25, 0.3) is 0 Å². The van der Waals surface area contributed by atoms with Gasteiger partial charge in [-0.1, -0.05) is 6.07 Å². The maximum atomic E-state index is 12.4. The van der Waals surface area contributed by atoms with Gasteiger partial charge < -0.3 is 19.5 Å². The van der Waals surface area contributed by atoms with E-state index in [0.717, 1.165) is 23.5 Å². The van der Waals surface area contributed by atoms with Crippen LogP contribution in [0.3, 0.4) is 0 Å². The Hall–Kier alpha value is -2.54. The number of amides is 1. The van der Waals surface area contributed by atoms with Crippen molar-refractivity contribution >= 4 is 5.91 Å². The first kappa shape index (κ1) is 16.0. The second-order valence-electron chi connectivity index (χ2n) is 6.43. The number of aliphatic hydroxyl groups excluding tert-OH is 1. The summed E-state index contributed by atoms with van der Waals surface area (Å²) in [5, 5.41) is 14.7. The second-order valence-corrected chi connectivity index (χ2v) is 6.43. The summed E-state index contributed by atoms with van der Waals surface area (Å²) >= 11 is 0. The molecule has 0 unspecified atom stereocenters. The zero-order valence-corrected chi connectivity index (χ0v) is 13.9. The molecule has 0 aliphatic carbocycles. The highest BCUT2D eigenvalue weighted by molar-refractivity contribution is 5.76. The van der Waals surface area contributed by atoms with Gasteiger partial charge in [0.2, 0.25) is 12.7 Å². The molecule has 1 saturated heterocycles. The van der Waals surface area contributed by atoms with Gasteiger partial charge in [0.05, 0.1) is 6.10 Å². The average molecular weight is 343 g/mol. The van der Waals surface area contributed by atoms with Crippen LogP contribution in [-0.2, 0) is 11.3 Å². The maximum absolute atomic E-state index is 12.4. The smallest absolute Gasteiger partial charge is 0.231 e. The van der Waals surface area contributed by atoms with Gasteiger partial charge in [-0.3, -0.25) is 9.48 Å². The third kappa shape index (κ3) is 3.32. The lowest BCUT2D eigenvalue weighted by Crippen LogP contribution is -2.45. The lowest BCUT2D eigenvalue weighted by Gasteiger charge is -2.36. The third-order valence-corrected chi connectivity index (χ3v) is 4.87. The first-order valence-electron chi connectivity index (χ1n) is 8.53. The van der Waals surface area contributed by atoms with E-state index >= 15 is 0 Å². The van der Waals surface area contributed by atoms with Gasteiger partial charge in [-0.2, -0.15) is 5.10 Å². The number of aryl methyl sites for hydroxylation is 1. The second kappa shape index (κ2) is 6.76. The van der Waals surface area contributed by atoms with Crippen LogP contribution >= 0.6 is 0 Å². The first-order chi connectivity index (χ1) is 12.2. The monoisotopic (exact) mass is 343 g/mol. The number of piperidine rings is 1. The van der Waals surface area contributed by atoms with Gasteiger partial charge in [0, 0.05) is 44.4 Å². The van der Waals surface area contributed by atoms with Crippen LogP contribution in [0.25, 0.3) is 0 Å². The zero-order chi connectivity index (χ0) is 17.2. The van der Waals surface area contributed by atoms with Crippen molar-refractivity contribution in [2.45, 2.75) is 31.4 Å². The molecule has 4 rings (SSSR count). The number of aliphatic hydroxyl groups is 1. The van der Waals surface area contributed by atoms with E-state index in [9.17, 15) is 9.90 Å². The van der Waals surface area contributed by atoms with Crippen LogP contribution < -0.4 is 9.47 Å². The minimum absolute atomic E-state index is 0.00432. The number of hydrogen-bond acceptors (Lipinski definition) is 5. The highest BCUT2D eigenvalue weighted by Crippen LogP contribution is 2.37. The fourth-order valence-electron chi connectivity index (χ4n) is 3.49. The van der Waals surface area contributed by atoms with Gasteiger partial charge >= 0.3 is 0 Å². The van der Waals surface area contributed by atoms with Gasteiger partial charge in [0.15, 0.2) is 11.5 Å². The Morgan fingerprint density at radius 2 is 2.20 bits per heavy atom. The van der Waals surface area contributed by atoms with Crippen molar-refractivity contribution in [3.05, 3.63) is 42.2 Å². The van der Waals surface area contributed by atoms with Crippen molar-refractivity contribution in [2.75, 3.05) is 19.9 Å². The van der Waals surface area contributed by atoms with Crippen LogP contribution in [0.1, 0.15) is 24.3 Å². The number of likely N-dealkylation sites (tertiary alicyclic amines) is 1. The molecule has 2 aliphatic heterocycles. The van der Waals surface area contributed by atoms with E-state index < -0.39 is 6.10 Å². The molecule has 1 aromatic heterocycles. The van der Waals surface area contributed by atoms with E-state index in [2.05, 4.69) is 5.10 Å². The average Bonchev–Trinajstić information content (AvgIpc) is 3.30. The van der Waals surface area contributed by atoms with Gasteiger partial charge in [-0.15, -0.1) is 0 Å². The molecule has 0 bridgehead atoms. The minimum Gasteiger partial charge on any atom is -0.454 e. The van der Waals surface area contributed by atoms with Crippen molar-refractivity contribution in [1.29, 1.82) is 0 Å². The Morgan fingerprint density at radius 3 is 3.00 bits per heavy atom. The van der Waals surface area contributed by atoms with Crippen LogP contribution in [0.4, 0.5) is 0 Å². The molecule has 0 saturated carbocycles. The van der Waals surface area contributed by atoms with E-state index in [-0.39, 0.29) is 18.6 Å². The lowest BCUT2D eigenvalue weighted by atomic mass is 9.87. The number of β-amino-alcohol motifs (C(OH)–C–C–N with tert-alkyl or cyclic N) is 1. The van der Waals surface area contributed by atoms with E-state index in [1.165, 1.54) is 0 Å². The number of carbonyl (C=O) groups excluding carboxylic acids is 1. The maximum Gasteiger partial charge on any atom is 0.231 e. The largest absolute Gasteiger partial charge is 0.454 e. The Balaban J connectivity index is 1.36. The minimum atomic E-state index is -0.581. The number of ether oxygens (including phenoxy) is 2. The molecule has 7 nitrogen and oxygen atoms in total. The molecular weight excluding hydrogens is 322 g/mol. The molecule has 25 heavy (non-hydrogen) atoms. The molecule has 1 amide bonds. The van der Waals surface area contributed by atoms with Crippen LogP contribution in [0.15, 0.2) is 36.7 Å². The highest BCUT2D eigenvalue weighted by atomic mass is 16.7. The number of benzene rings is 1. The van der Waals surface area contributed by atoms with E-state index in [0.29, 0.717) is 26.1 Å². The Kier molecular flexibility index (Phi) is 4.31. The number of hydrogen-bond donors (Lipinski definition) is 1. The number of fused-ring (bicyclic) bond motifs is 1. The first-order valence-corrected chi connectivity index (χ1v) is 8.53. The predicted octanol–water partition coefficient (Wildman–Crippen LogP) is 1.38. The molecule has 2 aliphatic rings. The number of carbonyl (C=O) groups is 1. The summed E-state index contributed by atoms with van der Waals surface area (Å²) in [6.45, 7) is 1.81. The molecule has 2 atom stereocenters. The van der Waals surface area contributed by atoms with Crippen LogP contribution in [0.2, 0.25) is 0 Å². The Labute approximate surface area is 145 Å². The van der Waals surface area contributed by atoms with E-state index in [4.69, 9.17) is 9.47 Å². The van der Waals surface area contributed by atoms with Crippen molar-refractivity contribution in [1.82, 2.24) is 14.7 Å². The van der Waals surface area contributed by atoms with Crippen molar-refractivity contribution in [3.63, 3.8) is 0 Å². The quantitative estimate of drug-likeness (QED) is 0.908. The van der Waals surface area contributed by atoms with Gasteiger partial charge in [0.1, 0.15) is 0 Å². The standard InChI is InChI=1S/C18H21N3O4/c22-15-11-20(18(23)5-9-21-7-1-6-19-21)8-4-14(15)13-2-3-16-17(10-13)25-12-24-16/h1-3,6-7,10,14-15,22H,4-5,8-9,11-12H2/t14-,15+/m0/s1. The molecule has 1 aromatic carbocycles. The SMILES string of the molecule is O=C(CCn1cccn1)N1CC[C@@H](c2ccc3c(c2)OCO3)[C@H](O)C1. The summed E-state index contributed by atoms with van der Waals surface area (Å²) in [5.41, 5.74) is 1.03. The zero-order valence-electron chi connectivity index (χ0n) is 13.9. The van der Waals surface area contributed by atoms with Crippen LogP contribution in [0.5, 0.6) is 11.5 Å². The van der Waals surface area contributed by atoms with E-state index in [1.807, 2.05) is 30.5 Å². The fourth-order valence-corrected chi connectivity index (χ4v) is 3.49. The molecule has 0 radical (unpaired) electrons. The van der Waals surface area contributed by atoms with Crippen LogP contribution in [-0.4, -0.2) is 51.7 Å². The molecule has 7 heteroatoms. The normalized spacial score (nSPS) is 22.2. The van der Waals surface area contributed by atoms with Crippen molar-refractivity contribution in [2.24, 2.45) is 0 Å². The van der Waals surface area contributed by atoms with Gasteiger partial charge in [-0.05, 0) is 30.2 Å². The summed E-state index contributed by atoms with van der Waals surface area (Å²) < 4.78 is 12.5. The number of rotatable bonds is 4. The van der Waals surface area contributed by atoms with Crippen molar-refractivity contribution < 1.29 is 19.4 Å².